The predicted molar refractivity (Wildman–Crippen MR) is 179 cm³/mol. The zero-order valence-electron chi connectivity index (χ0n) is 26.8. The molecule has 9 nitrogen and oxygen atoms in total. The minimum Gasteiger partial charge on any atom is -0.367 e. The van der Waals surface area contributed by atoms with Gasteiger partial charge in [0, 0.05) is 59.3 Å². The van der Waals surface area contributed by atoms with Crippen LogP contribution in [0, 0.1) is 23.7 Å². The number of anilines is 1. The highest BCUT2D eigenvalue weighted by atomic mass is 32.1. The number of hydrogen-bond donors (Lipinski definition) is 2. The first-order chi connectivity index (χ1) is 23.0. The molecule has 48 heavy (non-hydrogen) atoms. The monoisotopic (exact) mass is 674 g/mol. The molecule has 5 aliphatic rings. The van der Waals surface area contributed by atoms with Gasteiger partial charge in [-0.2, -0.15) is 18.4 Å². The van der Waals surface area contributed by atoms with Gasteiger partial charge in [0.05, 0.1) is 11.8 Å². The molecule has 1 aliphatic heterocycles. The Balaban J connectivity index is 0.886. The molecule has 5 fully saturated rings. The van der Waals surface area contributed by atoms with Crippen molar-refractivity contribution in [2.24, 2.45) is 10.4 Å². The average Bonchev–Trinajstić information content (AvgIpc) is 3.65. The van der Waals surface area contributed by atoms with Crippen molar-refractivity contribution in [3.05, 3.63) is 52.3 Å². The fraction of sp³-hybridized carbons (Fsp3) is 0.514. The number of nitrogens with one attached hydrogen (secondary N) is 2. The number of rotatable bonds is 10. The molecule has 1 aromatic carbocycles. The van der Waals surface area contributed by atoms with Crippen molar-refractivity contribution in [2.45, 2.75) is 89.1 Å². The third kappa shape index (κ3) is 6.05. The molecule has 0 unspecified atom stereocenters. The average molecular weight is 675 g/mol. The zero-order chi connectivity index (χ0) is 33.3. The van der Waals surface area contributed by atoms with Gasteiger partial charge in [0.25, 0.3) is 0 Å². The summed E-state index contributed by atoms with van der Waals surface area (Å²) in [6.07, 6.45) is 2.87. The van der Waals surface area contributed by atoms with E-state index in [1.807, 2.05) is 6.07 Å². The van der Waals surface area contributed by atoms with Crippen molar-refractivity contribution in [2.75, 3.05) is 25.0 Å². The number of thiophene rings is 1. The maximum atomic E-state index is 13.0. The van der Waals surface area contributed by atoms with E-state index in [0.717, 1.165) is 99.1 Å². The quantitative estimate of drug-likeness (QED) is 0.205. The van der Waals surface area contributed by atoms with Crippen LogP contribution in [0.5, 0.6) is 0 Å². The minimum absolute atomic E-state index is 0.0161. The lowest BCUT2D eigenvalue weighted by atomic mass is 9.39. The molecule has 0 atom stereocenters. The predicted octanol–water partition coefficient (Wildman–Crippen LogP) is 6.28. The molecule has 4 aliphatic carbocycles. The van der Waals surface area contributed by atoms with E-state index in [4.69, 9.17) is 0 Å². The molecule has 1 amide bonds. The number of nitrogens with zero attached hydrogens (tertiary/aromatic N) is 6. The molecule has 13 heteroatoms. The number of carbonyl (C=O) groups excluding carboxylic acids is 1. The van der Waals surface area contributed by atoms with E-state index in [1.54, 1.807) is 6.07 Å². The molecule has 1 saturated heterocycles. The summed E-state index contributed by atoms with van der Waals surface area (Å²) >= 11 is 1.07. The van der Waals surface area contributed by atoms with Gasteiger partial charge in [0.1, 0.15) is 35.3 Å². The Morgan fingerprint density at radius 2 is 1.92 bits per heavy atom. The molecule has 0 radical (unpaired) electrons. The second kappa shape index (κ2) is 11.6. The van der Waals surface area contributed by atoms with Crippen molar-refractivity contribution in [3.8, 4) is 6.07 Å². The van der Waals surface area contributed by atoms with Crippen molar-refractivity contribution in [1.82, 2.24) is 24.8 Å². The first kappa shape index (κ1) is 31.3. The number of aryl methyl sites for hydroxylation is 1. The fourth-order valence-corrected chi connectivity index (χ4v) is 9.32. The van der Waals surface area contributed by atoms with Crippen LogP contribution in [0.2, 0.25) is 0 Å². The molecule has 2 bridgehead atoms. The number of aromatic nitrogens is 3. The number of nitriles is 1. The summed E-state index contributed by atoms with van der Waals surface area (Å²) in [7, 11) is 0. The van der Waals surface area contributed by atoms with Gasteiger partial charge in [-0.3, -0.25) is 14.7 Å². The number of halogens is 3. The summed E-state index contributed by atoms with van der Waals surface area (Å²) in [6.45, 7) is 5.73. The Bertz CT molecular complexity index is 1970. The molecule has 4 saturated carbocycles. The summed E-state index contributed by atoms with van der Waals surface area (Å²) in [5.74, 6) is 0.613. The number of alkyl halides is 3. The molecule has 2 N–H and O–H groups in total. The van der Waals surface area contributed by atoms with Crippen LogP contribution in [0.25, 0.3) is 21.1 Å². The molecule has 4 aromatic rings. The van der Waals surface area contributed by atoms with Crippen LogP contribution in [-0.4, -0.2) is 68.4 Å². The van der Waals surface area contributed by atoms with Crippen molar-refractivity contribution < 1.29 is 18.0 Å². The van der Waals surface area contributed by atoms with Crippen LogP contribution < -0.4 is 10.6 Å². The Labute approximate surface area is 280 Å². The molecular weight excluding hydrogens is 638 g/mol. The maximum absolute atomic E-state index is 13.0. The van der Waals surface area contributed by atoms with Gasteiger partial charge in [-0.25, -0.2) is 9.97 Å². The zero-order valence-corrected chi connectivity index (χ0v) is 27.6. The number of hydrogen-bond acceptors (Lipinski definition) is 8. The molecule has 4 heterocycles. The van der Waals surface area contributed by atoms with Crippen LogP contribution in [0.3, 0.4) is 0 Å². The van der Waals surface area contributed by atoms with Gasteiger partial charge >= 0.3 is 6.18 Å². The van der Waals surface area contributed by atoms with Crippen LogP contribution in [0.4, 0.5) is 19.0 Å². The lowest BCUT2D eigenvalue weighted by molar-refractivity contribution is -0.170. The molecule has 0 spiro atoms. The van der Waals surface area contributed by atoms with Gasteiger partial charge < -0.3 is 15.2 Å². The molecule has 3 aromatic heterocycles. The Morgan fingerprint density at radius 3 is 2.62 bits per heavy atom. The van der Waals surface area contributed by atoms with E-state index in [2.05, 4.69) is 60.2 Å². The maximum Gasteiger partial charge on any atom is 0.393 e. The van der Waals surface area contributed by atoms with Gasteiger partial charge in [-0.1, -0.05) is 6.07 Å². The number of aliphatic imine (C=N–C) groups is 1. The topological polar surface area (TPSA) is 111 Å². The van der Waals surface area contributed by atoms with Crippen molar-refractivity contribution >= 4 is 49.9 Å². The van der Waals surface area contributed by atoms with Gasteiger partial charge in [0.15, 0.2) is 0 Å². The lowest BCUT2D eigenvalue weighted by Gasteiger charge is -2.70. The second-order valence-corrected chi connectivity index (χ2v) is 15.5. The van der Waals surface area contributed by atoms with Crippen LogP contribution >= 0.6 is 11.3 Å². The Morgan fingerprint density at radius 1 is 1.15 bits per heavy atom. The summed E-state index contributed by atoms with van der Waals surface area (Å²) in [4.78, 5) is 28.5. The highest BCUT2D eigenvalue weighted by Gasteiger charge is 2.68. The first-order valence-electron chi connectivity index (χ1n) is 16.6. The van der Waals surface area contributed by atoms with E-state index >= 15 is 0 Å². The van der Waals surface area contributed by atoms with E-state index < -0.39 is 12.6 Å². The largest absolute Gasteiger partial charge is 0.393 e. The van der Waals surface area contributed by atoms with Gasteiger partial charge in [-0.15, -0.1) is 11.3 Å². The third-order valence-corrected chi connectivity index (χ3v) is 11.7. The highest BCUT2D eigenvalue weighted by Crippen LogP contribution is 2.68. The second-order valence-electron chi connectivity index (χ2n) is 14.4. The SMILES string of the molecule is Cc1c(CN2CCC(Nc3ncnc4sc(CC(F)(F)F)cc34)CC2)ccc2c1cc(C#N)n2CC12CC(NC(=O)CN=C3CC3)(C1)C2. The number of carbonyl (C=O) groups is 1. The summed E-state index contributed by atoms with van der Waals surface area (Å²) in [5, 5.41) is 18.5. The smallest absolute Gasteiger partial charge is 0.367 e. The summed E-state index contributed by atoms with van der Waals surface area (Å²) in [6, 6.07) is 10.5. The standard InChI is InChI=1S/C35H37F3N8OS/c1-21-22(15-45-8-6-24(7-9-45)43-31-28-11-26(12-35(36,37)38)48-32(28)42-20-41-31)2-5-29-27(21)10-25(13-39)46(29)19-33-16-34(17-33,18-33)44-30(47)14-40-23-3-4-23/h2,5,10-11,20,24H,3-4,6-9,12,14-19H2,1H3,(H,44,47)(H,41,42,43). The van der Waals surface area contributed by atoms with Crippen LogP contribution in [0.1, 0.15) is 66.6 Å². The number of benzene rings is 1. The molecule has 250 valence electrons. The number of piperidine rings is 1. The number of fused-ring (bicyclic) bond motifs is 2. The van der Waals surface area contributed by atoms with Crippen LogP contribution in [-0.2, 0) is 24.3 Å². The van der Waals surface area contributed by atoms with Crippen LogP contribution in [0.15, 0.2) is 35.6 Å². The number of likely N-dealkylation sites (tertiary alicyclic amines) is 1. The highest BCUT2D eigenvalue weighted by molar-refractivity contribution is 7.18. The Hall–Kier alpha value is -4.02. The summed E-state index contributed by atoms with van der Waals surface area (Å²) < 4.78 is 41.0. The van der Waals surface area contributed by atoms with E-state index in [1.165, 1.54) is 17.5 Å². The lowest BCUT2D eigenvalue weighted by Crippen LogP contribution is -2.75. The van der Waals surface area contributed by atoms with E-state index in [-0.39, 0.29) is 34.3 Å². The van der Waals surface area contributed by atoms with Gasteiger partial charge in [-0.05, 0) is 86.6 Å². The van der Waals surface area contributed by atoms with E-state index in [9.17, 15) is 23.2 Å². The van der Waals surface area contributed by atoms with Crippen molar-refractivity contribution in [3.63, 3.8) is 0 Å². The summed E-state index contributed by atoms with van der Waals surface area (Å²) in [5.41, 5.74) is 5.38. The molecule has 9 rings (SSSR count). The van der Waals surface area contributed by atoms with Crippen molar-refractivity contribution in [1.29, 1.82) is 5.26 Å². The first-order valence-corrected chi connectivity index (χ1v) is 17.5. The normalized spacial score (nSPS) is 23.9. The van der Waals surface area contributed by atoms with Gasteiger partial charge in [0.2, 0.25) is 5.91 Å². The third-order valence-electron chi connectivity index (χ3n) is 10.6. The minimum atomic E-state index is -4.26. The molecular formula is C35H37F3N8OS. The number of amides is 1. The fourth-order valence-electron chi connectivity index (χ4n) is 8.30. The van der Waals surface area contributed by atoms with E-state index in [0.29, 0.717) is 21.7 Å². The Kier molecular flexibility index (Phi) is 7.52.